The van der Waals surface area contributed by atoms with Gasteiger partial charge in [-0.25, -0.2) is 0 Å². The number of rotatable bonds is 0. The minimum absolute atomic E-state index is 0. The summed E-state index contributed by atoms with van der Waals surface area (Å²) in [6, 6.07) is 4.20. The molecule has 0 saturated carbocycles. The van der Waals surface area contributed by atoms with Crippen LogP contribution < -0.4 is 5.73 Å². The van der Waals surface area contributed by atoms with Crippen LogP contribution in [-0.4, -0.2) is 5.48 Å². The van der Waals surface area contributed by atoms with Gasteiger partial charge in [0.2, 0.25) is 0 Å². The highest BCUT2D eigenvalue weighted by Gasteiger charge is 1.96. The van der Waals surface area contributed by atoms with Gasteiger partial charge in [-0.1, -0.05) is 17.7 Å². The Kier molecular flexibility index (Phi) is 3.08. The molecule has 0 unspecified atom stereocenters. The van der Waals surface area contributed by atoms with Crippen molar-refractivity contribution in [1.29, 1.82) is 0 Å². The molecule has 0 atom stereocenters. The highest BCUT2D eigenvalue weighted by molar-refractivity contribution is 5.54. The first kappa shape index (κ1) is 9.98. The number of anilines is 1. The Labute approximate surface area is 67.3 Å². The maximum Gasteiger partial charge on any atom is 0.0373 e. The largest absolute Gasteiger partial charge is 0.412 e. The number of hydrogen-bond donors (Lipinski definition) is 1. The van der Waals surface area contributed by atoms with Crippen LogP contribution in [-0.2, 0) is 0 Å². The van der Waals surface area contributed by atoms with E-state index in [-0.39, 0.29) is 5.48 Å². The molecule has 0 aliphatic rings. The predicted octanol–water partition coefficient (Wildman–Crippen LogP) is 1.37. The number of nitrogen functional groups attached to an aromatic ring is 1. The van der Waals surface area contributed by atoms with E-state index < -0.39 is 0 Å². The van der Waals surface area contributed by atoms with E-state index in [1.54, 1.807) is 0 Å². The van der Waals surface area contributed by atoms with E-state index in [1.165, 1.54) is 16.7 Å². The van der Waals surface area contributed by atoms with Crippen LogP contribution in [0.25, 0.3) is 0 Å². The molecular formula is C9H15NO. The zero-order valence-corrected chi connectivity index (χ0v) is 7.23. The molecule has 0 aliphatic heterocycles. The van der Waals surface area contributed by atoms with Crippen LogP contribution in [0.15, 0.2) is 12.1 Å². The van der Waals surface area contributed by atoms with Crippen molar-refractivity contribution in [3.63, 3.8) is 0 Å². The molecule has 0 aliphatic carbocycles. The first-order chi connectivity index (χ1) is 4.61. The normalized spacial score (nSPS) is 9.00. The van der Waals surface area contributed by atoms with Gasteiger partial charge in [-0.05, 0) is 31.9 Å². The van der Waals surface area contributed by atoms with E-state index in [2.05, 4.69) is 19.1 Å². The highest BCUT2D eigenvalue weighted by atomic mass is 16.0. The number of benzene rings is 1. The molecule has 0 fully saturated rings. The molecule has 2 nitrogen and oxygen atoms in total. The summed E-state index contributed by atoms with van der Waals surface area (Å²) in [6.07, 6.45) is 0. The lowest BCUT2D eigenvalue weighted by molar-refractivity contribution is 0.824. The molecule has 1 aromatic carbocycles. The molecule has 0 bridgehead atoms. The summed E-state index contributed by atoms with van der Waals surface area (Å²) in [5.74, 6) is 0. The second-order valence-electron chi connectivity index (χ2n) is 2.81. The monoisotopic (exact) mass is 153 g/mol. The molecule has 2 heteroatoms. The van der Waals surface area contributed by atoms with Crippen LogP contribution in [0.5, 0.6) is 0 Å². The average molecular weight is 153 g/mol. The molecule has 1 aromatic rings. The highest BCUT2D eigenvalue weighted by Crippen LogP contribution is 2.17. The smallest absolute Gasteiger partial charge is 0.0373 e. The number of nitrogens with two attached hydrogens (primary N) is 1. The lowest BCUT2D eigenvalue weighted by atomic mass is 10.1. The van der Waals surface area contributed by atoms with Crippen molar-refractivity contribution in [2.75, 3.05) is 5.73 Å². The van der Waals surface area contributed by atoms with E-state index in [0.717, 1.165) is 5.69 Å². The third-order valence-corrected chi connectivity index (χ3v) is 1.74. The summed E-state index contributed by atoms with van der Waals surface area (Å²) >= 11 is 0. The molecule has 0 radical (unpaired) electrons. The number of hydrogen-bond acceptors (Lipinski definition) is 1. The van der Waals surface area contributed by atoms with E-state index in [9.17, 15) is 0 Å². The van der Waals surface area contributed by atoms with Crippen molar-refractivity contribution in [2.45, 2.75) is 20.8 Å². The Balaban J connectivity index is 0.000001000. The van der Waals surface area contributed by atoms with E-state index in [0.29, 0.717) is 0 Å². The minimum Gasteiger partial charge on any atom is -0.412 e. The molecule has 0 aromatic heterocycles. The summed E-state index contributed by atoms with van der Waals surface area (Å²) < 4.78 is 0. The second kappa shape index (κ2) is 3.39. The third kappa shape index (κ3) is 1.95. The molecule has 0 saturated heterocycles. The van der Waals surface area contributed by atoms with E-state index >= 15 is 0 Å². The minimum atomic E-state index is 0. The molecule has 0 amide bonds. The Bertz CT molecular complexity index is 233. The van der Waals surface area contributed by atoms with Gasteiger partial charge in [0, 0.05) is 5.69 Å². The first-order valence-electron chi connectivity index (χ1n) is 3.44. The van der Waals surface area contributed by atoms with Crippen molar-refractivity contribution in [3.8, 4) is 0 Å². The Morgan fingerprint density at radius 3 is 1.73 bits per heavy atom. The lowest BCUT2D eigenvalue weighted by Crippen LogP contribution is -1.93. The van der Waals surface area contributed by atoms with Gasteiger partial charge in [0.25, 0.3) is 0 Å². The first-order valence-corrected chi connectivity index (χ1v) is 3.44. The Morgan fingerprint density at radius 1 is 1.00 bits per heavy atom. The second-order valence-corrected chi connectivity index (χ2v) is 2.81. The quantitative estimate of drug-likeness (QED) is 0.562. The van der Waals surface area contributed by atoms with Crippen molar-refractivity contribution < 1.29 is 5.48 Å². The lowest BCUT2D eigenvalue weighted by Gasteiger charge is -2.04. The molecule has 62 valence electrons. The molecule has 4 N–H and O–H groups in total. The van der Waals surface area contributed by atoms with E-state index in [1.807, 2.05) is 13.8 Å². The summed E-state index contributed by atoms with van der Waals surface area (Å²) in [6.45, 7) is 6.16. The topological polar surface area (TPSA) is 57.5 Å². The van der Waals surface area contributed by atoms with Gasteiger partial charge in [0.05, 0.1) is 0 Å². The summed E-state index contributed by atoms with van der Waals surface area (Å²) in [7, 11) is 0. The van der Waals surface area contributed by atoms with Crippen molar-refractivity contribution in [1.82, 2.24) is 0 Å². The van der Waals surface area contributed by atoms with Gasteiger partial charge in [-0.3, -0.25) is 0 Å². The maximum atomic E-state index is 5.75. The van der Waals surface area contributed by atoms with Crippen LogP contribution in [0.3, 0.4) is 0 Å². The molecule has 0 spiro atoms. The standard InChI is InChI=1S/C9H13N.H2O/c1-6-4-7(2)9(10)8(3)5-6;/h4-5H,10H2,1-3H3;1H2. The fourth-order valence-electron chi connectivity index (χ4n) is 1.19. The summed E-state index contributed by atoms with van der Waals surface area (Å²) in [5, 5.41) is 0. The molecule has 0 heterocycles. The van der Waals surface area contributed by atoms with Gasteiger partial charge < -0.3 is 11.2 Å². The van der Waals surface area contributed by atoms with Crippen LogP contribution in [0.1, 0.15) is 16.7 Å². The zero-order chi connectivity index (χ0) is 7.72. The van der Waals surface area contributed by atoms with E-state index in [4.69, 9.17) is 5.73 Å². The van der Waals surface area contributed by atoms with Crippen LogP contribution in [0, 0.1) is 20.8 Å². The predicted molar refractivity (Wildman–Crippen MR) is 48.7 cm³/mol. The molecule has 11 heavy (non-hydrogen) atoms. The zero-order valence-electron chi connectivity index (χ0n) is 7.23. The van der Waals surface area contributed by atoms with Crippen LogP contribution in [0.2, 0.25) is 0 Å². The number of aryl methyl sites for hydroxylation is 3. The van der Waals surface area contributed by atoms with Gasteiger partial charge in [-0.15, -0.1) is 0 Å². The van der Waals surface area contributed by atoms with Crippen LogP contribution in [0.4, 0.5) is 5.69 Å². The summed E-state index contributed by atoms with van der Waals surface area (Å²) in [4.78, 5) is 0. The SMILES string of the molecule is Cc1cc(C)c(N)c(C)c1.O. The van der Waals surface area contributed by atoms with Gasteiger partial charge >= 0.3 is 0 Å². The third-order valence-electron chi connectivity index (χ3n) is 1.74. The van der Waals surface area contributed by atoms with Crippen LogP contribution >= 0.6 is 0 Å². The molecular weight excluding hydrogens is 138 g/mol. The van der Waals surface area contributed by atoms with Crippen molar-refractivity contribution >= 4 is 5.69 Å². The van der Waals surface area contributed by atoms with Gasteiger partial charge in [0.1, 0.15) is 0 Å². The fourth-order valence-corrected chi connectivity index (χ4v) is 1.19. The Hall–Kier alpha value is -1.02. The summed E-state index contributed by atoms with van der Waals surface area (Å²) in [5.41, 5.74) is 10.3. The van der Waals surface area contributed by atoms with Gasteiger partial charge in [0.15, 0.2) is 0 Å². The van der Waals surface area contributed by atoms with Crippen molar-refractivity contribution in [3.05, 3.63) is 28.8 Å². The van der Waals surface area contributed by atoms with Crippen molar-refractivity contribution in [2.24, 2.45) is 0 Å². The fraction of sp³-hybridized carbons (Fsp3) is 0.333. The Morgan fingerprint density at radius 2 is 1.36 bits per heavy atom. The van der Waals surface area contributed by atoms with Gasteiger partial charge in [-0.2, -0.15) is 0 Å². The maximum absolute atomic E-state index is 5.75. The molecule has 1 rings (SSSR count). The average Bonchev–Trinajstić information content (AvgIpc) is 1.82.